The molecule has 2 atom stereocenters. The largest absolute Gasteiger partial charge is 0.305 e. The molecule has 2 unspecified atom stereocenters. The predicted molar refractivity (Wildman–Crippen MR) is 80.6 cm³/mol. The van der Waals surface area contributed by atoms with E-state index in [4.69, 9.17) is 5.84 Å². The number of halogens is 1. The summed E-state index contributed by atoms with van der Waals surface area (Å²) in [5.41, 5.74) is 3.01. The molecule has 2 rings (SSSR count). The summed E-state index contributed by atoms with van der Waals surface area (Å²) < 4.78 is 1.15. The summed E-state index contributed by atoms with van der Waals surface area (Å²) in [6, 6.07) is 2.66. The topological polar surface area (TPSA) is 44.5 Å². The highest BCUT2D eigenvalue weighted by Crippen LogP contribution is 2.32. The van der Waals surface area contributed by atoms with Gasteiger partial charge in [0.25, 0.3) is 0 Å². The minimum atomic E-state index is 0.171. The molecule has 18 heavy (non-hydrogen) atoms. The molecular formula is C12H21BrN4S. The Labute approximate surface area is 121 Å². The Morgan fingerprint density at radius 1 is 1.50 bits per heavy atom. The smallest absolute Gasteiger partial charge is 0.0731 e. The van der Waals surface area contributed by atoms with Gasteiger partial charge in [0.05, 0.1) is 6.04 Å². The van der Waals surface area contributed by atoms with Gasteiger partial charge in [-0.2, -0.15) is 0 Å². The predicted octanol–water partition coefficient (Wildman–Crippen LogP) is 1.65. The van der Waals surface area contributed by atoms with Crippen molar-refractivity contribution < 1.29 is 0 Å². The first-order chi connectivity index (χ1) is 8.63. The van der Waals surface area contributed by atoms with E-state index >= 15 is 0 Å². The van der Waals surface area contributed by atoms with Crippen molar-refractivity contribution in [2.75, 3.05) is 33.7 Å². The van der Waals surface area contributed by atoms with Crippen LogP contribution in [0.25, 0.3) is 0 Å². The summed E-state index contributed by atoms with van der Waals surface area (Å²) in [5, 5.41) is 2.10. The Balaban J connectivity index is 2.22. The zero-order chi connectivity index (χ0) is 13.1. The van der Waals surface area contributed by atoms with Crippen molar-refractivity contribution in [2.24, 2.45) is 5.84 Å². The van der Waals surface area contributed by atoms with Crippen LogP contribution in [0.2, 0.25) is 0 Å². The number of hydrogen-bond donors (Lipinski definition) is 2. The van der Waals surface area contributed by atoms with Gasteiger partial charge in [0.15, 0.2) is 0 Å². The van der Waals surface area contributed by atoms with Crippen LogP contribution < -0.4 is 11.3 Å². The first-order valence-corrected chi connectivity index (χ1v) is 7.88. The van der Waals surface area contributed by atoms with Gasteiger partial charge < -0.3 is 9.80 Å². The number of nitrogens with one attached hydrogen (secondary N) is 1. The van der Waals surface area contributed by atoms with Crippen LogP contribution in [0, 0.1) is 0 Å². The number of rotatable bonds is 3. The van der Waals surface area contributed by atoms with Gasteiger partial charge in [-0.05, 0) is 61.0 Å². The highest BCUT2D eigenvalue weighted by atomic mass is 79.9. The Kier molecular flexibility index (Phi) is 5.17. The number of likely N-dealkylation sites (N-methyl/N-ethyl adjacent to an activating group) is 2. The third-order valence-electron chi connectivity index (χ3n) is 3.61. The van der Waals surface area contributed by atoms with Crippen LogP contribution in [0.4, 0.5) is 0 Å². The summed E-state index contributed by atoms with van der Waals surface area (Å²) in [5.74, 6) is 5.81. The van der Waals surface area contributed by atoms with Gasteiger partial charge in [-0.1, -0.05) is 0 Å². The minimum Gasteiger partial charge on any atom is -0.305 e. The fourth-order valence-corrected chi connectivity index (χ4v) is 4.29. The Bertz CT molecular complexity index is 384. The summed E-state index contributed by atoms with van der Waals surface area (Å²) >= 11 is 5.36. The molecule has 0 bridgehead atoms. The number of hydrogen-bond acceptors (Lipinski definition) is 5. The molecule has 3 N–H and O–H groups in total. The normalized spacial score (nSPS) is 25.0. The number of nitrogens with zero attached hydrogens (tertiary/aromatic N) is 2. The average molecular weight is 333 g/mol. The molecule has 0 spiro atoms. The summed E-state index contributed by atoms with van der Waals surface area (Å²) in [6.45, 7) is 3.32. The molecule has 0 aliphatic carbocycles. The van der Waals surface area contributed by atoms with Gasteiger partial charge in [0, 0.05) is 21.9 Å². The van der Waals surface area contributed by atoms with Gasteiger partial charge in [0.1, 0.15) is 0 Å². The lowest BCUT2D eigenvalue weighted by Crippen LogP contribution is -2.48. The van der Waals surface area contributed by atoms with Crippen LogP contribution in [-0.4, -0.2) is 49.6 Å². The van der Waals surface area contributed by atoms with Crippen LogP contribution in [0.3, 0.4) is 0 Å². The first kappa shape index (κ1) is 14.4. The molecule has 1 aliphatic heterocycles. The van der Waals surface area contributed by atoms with E-state index in [1.165, 1.54) is 11.3 Å². The molecule has 0 radical (unpaired) electrons. The highest BCUT2D eigenvalue weighted by Gasteiger charge is 2.30. The van der Waals surface area contributed by atoms with E-state index < -0.39 is 0 Å². The van der Waals surface area contributed by atoms with Gasteiger partial charge in [-0.25, -0.2) is 0 Å². The number of hydrazine groups is 1. The number of thiophene rings is 1. The molecule has 102 valence electrons. The molecule has 1 fully saturated rings. The first-order valence-electron chi connectivity index (χ1n) is 6.21. The van der Waals surface area contributed by atoms with Crippen LogP contribution in [0.15, 0.2) is 15.9 Å². The van der Waals surface area contributed by atoms with Crippen molar-refractivity contribution in [2.45, 2.75) is 18.5 Å². The van der Waals surface area contributed by atoms with Crippen LogP contribution in [-0.2, 0) is 0 Å². The van der Waals surface area contributed by atoms with Crippen molar-refractivity contribution in [1.82, 2.24) is 15.2 Å². The third kappa shape index (κ3) is 3.12. The second kappa shape index (κ2) is 6.45. The van der Waals surface area contributed by atoms with Gasteiger partial charge >= 0.3 is 0 Å². The maximum absolute atomic E-state index is 5.81. The standard InChI is InChI=1S/C12H21BrN4S/c1-16-5-3-6-17(2)10(8-16)11(15-14)12-9(13)4-7-18-12/h4,7,10-11,15H,3,5-6,8,14H2,1-2H3. The average Bonchev–Trinajstić information content (AvgIpc) is 2.67. The molecule has 0 aromatic carbocycles. The molecule has 1 saturated heterocycles. The monoisotopic (exact) mass is 332 g/mol. The molecule has 6 heteroatoms. The molecule has 2 heterocycles. The molecule has 1 aromatic rings. The minimum absolute atomic E-state index is 0.171. The Morgan fingerprint density at radius 2 is 2.28 bits per heavy atom. The van der Waals surface area contributed by atoms with Crippen molar-refractivity contribution in [3.8, 4) is 0 Å². The molecule has 1 aromatic heterocycles. The zero-order valence-corrected chi connectivity index (χ0v) is 13.3. The van der Waals surface area contributed by atoms with E-state index in [0.29, 0.717) is 6.04 Å². The van der Waals surface area contributed by atoms with Crippen molar-refractivity contribution >= 4 is 27.3 Å². The molecular weight excluding hydrogens is 312 g/mol. The lowest BCUT2D eigenvalue weighted by molar-refractivity contribution is 0.180. The zero-order valence-electron chi connectivity index (χ0n) is 10.9. The number of nitrogens with two attached hydrogens (primary N) is 1. The molecule has 1 aliphatic rings. The summed E-state index contributed by atoms with van der Waals surface area (Å²) in [6.07, 6.45) is 1.21. The second-order valence-electron chi connectivity index (χ2n) is 4.94. The lowest BCUT2D eigenvalue weighted by atomic mass is 10.1. The maximum atomic E-state index is 5.81. The fraction of sp³-hybridized carbons (Fsp3) is 0.667. The van der Waals surface area contributed by atoms with Crippen molar-refractivity contribution in [1.29, 1.82) is 0 Å². The van der Waals surface area contributed by atoms with Crippen LogP contribution >= 0.6 is 27.3 Å². The van der Waals surface area contributed by atoms with Crippen LogP contribution in [0.1, 0.15) is 17.3 Å². The van der Waals surface area contributed by atoms with E-state index in [2.05, 4.69) is 56.7 Å². The second-order valence-corrected chi connectivity index (χ2v) is 6.74. The lowest BCUT2D eigenvalue weighted by Gasteiger charge is -2.33. The van der Waals surface area contributed by atoms with Gasteiger partial charge in [0.2, 0.25) is 0 Å². The molecule has 4 nitrogen and oxygen atoms in total. The van der Waals surface area contributed by atoms with E-state index in [0.717, 1.165) is 24.1 Å². The molecule has 0 saturated carbocycles. The summed E-state index contributed by atoms with van der Waals surface area (Å²) in [7, 11) is 4.37. The van der Waals surface area contributed by atoms with E-state index in [1.807, 2.05) is 0 Å². The third-order valence-corrected chi connectivity index (χ3v) is 5.56. The maximum Gasteiger partial charge on any atom is 0.0731 e. The Hall–Kier alpha value is 0.0200. The highest BCUT2D eigenvalue weighted by molar-refractivity contribution is 9.10. The van der Waals surface area contributed by atoms with Gasteiger partial charge in [-0.15, -0.1) is 11.3 Å². The van der Waals surface area contributed by atoms with Crippen molar-refractivity contribution in [3.05, 3.63) is 20.8 Å². The van der Waals surface area contributed by atoms with E-state index in [1.54, 1.807) is 11.3 Å². The van der Waals surface area contributed by atoms with E-state index in [-0.39, 0.29) is 6.04 Å². The fourth-order valence-electron chi connectivity index (χ4n) is 2.55. The van der Waals surface area contributed by atoms with Crippen LogP contribution in [0.5, 0.6) is 0 Å². The summed E-state index contributed by atoms with van der Waals surface area (Å²) in [4.78, 5) is 6.09. The quantitative estimate of drug-likeness (QED) is 0.652. The van der Waals surface area contributed by atoms with Gasteiger partial charge in [-0.3, -0.25) is 11.3 Å². The SMILES string of the molecule is CN1CCCN(C)C(C(NN)c2sccc2Br)C1. The van der Waals surface area contributed by atoms with E-state index in [9.17, 15) is 0 Å². The molecule has 0 amide bonds. The Morgan fingerprint density at radius 3 is 2.89 bits per heavy atom. The van der Waals surface area contributed by atoms with Crippen molar-refractivity contribution in [3.63, 3.8) is 0 Å².